The van der Waals surface area contributed by atoms with E-state index in [2.05, 4.69) is 19.1 Å². The van der Waals surface area contributed by atoms with E-state index in [0.717, 1.165) is 51.4 Å². The van der Waals surface area contributed by atoms with E-state index in [1.165, 1.54) is 26.4 Å². The van der Waals surface area contributed by atoms with Crippen LogP contribution in [0.1, 0.15) is 97.3 Å². The number of aliphatic hydroxyl groups is 1. The van der Waals surface area contributed by atoms with Crippen LogP contribution in [0, 0.1) is 5.92 Å². The Morgan fingerprint density at radius 3 is 2.23 bits per heavy atom. The lowest BCUT2D eigenvalue weighted by atomic mass is 9.95. The molecule has 0 saturated carbocycles. The van der Waals surface area contributed by atoms with Crippen molar-refractivity contribution in [2.24, 2.45) is 5.92 Å². The van der Waals surface area contributed by atoms with Gasteiger partial charge in [0.05, 0.1) is 13.2 Å². The van der Waals surface area contributed by atoms with Crippen molar-refractivity contribution in [2.75, 3.05) is 7.11 Å². The molecule has 0 rings (SSSR count). The van der Waals surface area contributed by atoms with Crippen molar-refractivity contribution in [3.05, 3.63) is 12.2 Å². The van der Waals surface area contributed by atoms with Gasteiger partial charge in [-0.05, 0) is 32.1 Å². The van der Waals surface area contributed by atoms with Gasteiger partial charge >= 0.3 is 5.97 Å². The lowest BCUT2D eigenvalue weighted by molar-refractivity contribution is -0.149. The Labute approximate surface area is 160 Å². The molecular formula is C22H40O4. The van der Waals surface area contributed by atoms with Crippen LogP contribution in [0.15, 0.2) is 12.2 Å². The zero-order valence-corrected chi connectivity index (χ0v) is 17.2. The van der Waals surface area contributed by atoms with E-state index in [9.17, 15) is 14.7 Å². The molecule has 0 fully saturated rings. The van der Waals surface area contributed by atoms with Crippen molar-refractivity contribution >= 4 is 11.8 Å². The summed E-state index contributed by atoms with van der Waals surface area (Å²) in [5.41, 5.74) is 0. The molecule has 0 aromatic heterocycles. The summed E-state index contributed by atoms with van der Waals surface area (Å²) >= 11 is 0. The Balaban J connectivity index is 3.67. The maximum Gasteiger partial charge on any atom is 0.316 e. The number of esters is 1. The molecule has 0 radical (unpaired) electrons. The van der Waals surface area contributed by atoms with Crippen LogP contribution >= 0.6 is 0 Å². The van der Waals surface area contributed by atoms with Gasteiger partial charge in [0, 0.05) is 6.42 Å². The van der Waals surface area contributed by atoms with Crippen LogP contribution in [0.4, 0.5) is 0 Å². The third-order valence-electron chi connectivity index (χ3n) is 4.80. The lowest BCUT2D eigenvalue weighted by Crippen LogP contribution is -2.24. The van der Waals surface area contributed by atoms with Crippen molar-refractivity contribution in [1.29, 1.82) is 0 Å². The summed E-state index contributed by atoms with van der Waals surface area (Å²) in [6.07, 6.45) is 16.7. The summed E-state index contributed by atoms with van der Waals surface area (Å²) in [5.74, 6) is -0.996. The maximum absolute atomic E-state index is 11.8. The highest BCUT2D eigenvalue weighted by Crippen LogP contribution is 2.16. The van der Waals surface area contributed by atoms with Crippen LogP contribution in [0.5, 0.6) is 0 Å². The molecule has 152 valence electrons. The highest BCUT2D eigenvalue weighted by Gasteiger charge is 2.25. The first kappa shape index (κ1) is 24.8. The summed E-state index contributed by atoms with van der Waals surface area (Å²) in [5, 5.41) is 9.89. The highest BCUT2D eigenvalue weighted by atomic mass is 16.5. The van der Waals surface area contributed by atoms with E-state index in [0.29, 0.717) is 12.8 Å². The van der Waals surface area contributed by atoms with Gasteiger partial charge < -0.3 is 9.84 Å². The predicted octanol–water partition coefficient (Wildman–Crippen LogP) is 5.37. The number of Topliss-reactive ketones (excluding diaryl/α,β-unsaturated/α-hetero) is 1. The topological polar surface area (TPSA) is 63.6 Å². The third kappa shape index (κ3) is 13.1. The Kier molecular flexibility index (Phi) is 16.5. The Bertz CT molecular complexity index is 374. The second-order valence-electron chi connectivity index (χ2n) is 7.10. The van der Waals surface area contributed by atoms with Gasteiger partial charge in [-0.2, -0.15) is 0 Å². The maximum atomic E-state index is 11.8. The van der Waals surface area contributed by atoms with E-state index in [4.69, 9.17) is 4.74 Å². The smallest absolute Gasteiger partial charge is 0.316 e. The van der Waals surface area contributed by atoms with Crippen molar-refractivity contribution in [1.82, 2.24) is 0 Å². The fraction of sp³-hybridized carbons (Fsp3) is 0.818. The van der Waals surface area contributed by atoms with Gasteiger partial charge in [-0.25, -0.2) is 0 Å². The molecule has 0 spiro atoms. The Hall–Kier alpha value is -1.16. The minimum atomic E-state index is -0.580. The number of carbonyl (C=O) groups is 2. The zero-order chi connectivity index (χ0) is 19.6. The van der Waals surface area contributed by atoms with Crippen LogP contribution < -0.4 is 0 Å². The molecule has 1 N–H and O–H groups in total. The van der Waals surface area contributed by atoms with Crippen LogP contribution in [-0.2, 0) is 14.3 Å². The first-order valence-corrected chi connectivity index (χ1v) is 10.5. The average Bonchev–Trinajstić information content (AvgIpc) is 2.65. The van der Waals surface area contributed by atoms with Gasteiger partial charge in [-0.1, -0.05) is 70.9 Å². The number of rotatable bonds is 17. The monoisotopic (exact) mass is 368 g/mol. The SMILES string of the molecule is CCCCCC[C@@H](O)C/C=C\CCCCCCC(C(=O)CC)C(=O)OC. The molecule has 0 amide bonds. The van der Waals surface area contributed by atoms with Gasteiger partial charge in [0.15, 0.2) is 0 Å². The van der Waals surface area contributed by atoms with Crippen LogP contribution in [0.25, 0.3) is 0 Å². The number of aliphatic hydroxyl groups excluding tert-OH is 1. The van der Waals surface area contributed by atoms with E-state index in [-0.39, 0.29) is 11.9 Å². The summed E-state index contributed by atoms with van der Waals surface area (Å²) in [6, 6.07) is 0. The molecule has 1 unspecified atom stereocenters. The van der Waals surface area contributed by atoms with Crippen LogP contribution in [0.2, 0.25) is 0 Å². The lowest BCUT2D eigenvalue weighted by Gasteiger charge is -2.12. The number of unbranched alkanes of at least 4 members (excludes halogenated alkanes) is 7. The summed E-state index contributed by atoms with van der Waals surface area (Å²) in [7, 11) is 1.34. The second-order valence-corrected chi connectivity index (χ2v) is 7.10. The summed E-state index contributed by atoms with van der Waals surface area (Å²) < 4.78 is 4.72. The van der Waals surface area contributed by atoms with Crippen LogP contribution in [-0.4, -0.2) is 30.1 Å². The third-order valence-corrected chi connectivity index (χ3v) is 4.80. The van der Waals surface area contributed by atoms with Crippen molar-refractivity contribution in [3.8, 4) is 0 Å². The minimum absolute atomic E-state index is 0.0203. The van der Waals surface area contributed by atoms with E-state index >= 15 is 0 Å². The highest BCUT2D eigenvalue weighted by molar-refractivity contribution is 5.98. The summed E-state index contributed by atoms with van der Waals surface area (Å²) in [4.78, 5) is 23.4. The normalized spacial score (nSPS) is 13.7. The molecule has 0 heterocycles. The molecular weight excluding hydrogens is 328 g/mol. The molecule has 0 aromatic rings. The van der Waals surface area contributed by atoms with E-state index < -0.39 is 11.9 Å². The standard InChI is InChI=1S/C22H40O4/c1-4-6-7-13-16-19(23)17-14-11-9-8-10-12-15-18-20(21(24)5-2)22(25)26-3/h11,14,19-20,23H,4-10,12-13,15-18H2,1-3H3/b14-11-/t19-,20?/m1/s1. The fourth-order valence-electron chi connectivity index (χ4n) is 3.06. The number of allylic oxidation sites excluding steroid dienone is 1. The van der Waals surface area contributed by atoms with E-state index in [1.54, 1.807) is 6.92 Å². The molecule has 2 atom stereocenters. The first-order chi connectivity index (χ1) is 12.6. The predicted molar refractivity (Wildman–Crippen MR) is 107 cm³/mol. The Morgan fingerprint density at radius 1 is 0.923 bits per heavy atom. The first-order valence-electron chi connectivity index (χ1n) is 10.5. The minimum Gasteiger partial charge on any atom is -0.468 e. The molecule has 0 aliphatic rings. The molecule has 4 heteroatoms. The van der Waals surface area contributed by atoms with E-state index in [1.807, 2.05) is 0 Å². The molecule has 0 saturated heterocycles. The van der Waals surface area contributed by atoms with Gasteiger partial charge in [-0.15, -0.1) is 0 Å². The Morgan fingerprint density at radius 2 is 1.58 bits per heavy atom. The molecule has 0 aromatic carbocycles. The molecule has 26 heavy (non-hydrogen) atoms. The van der Waals surface area contributed by atoms with Gasteiger partial charge in [0.25, 0.3) is 0 Å². The number of ketones is 1. The van der Waals surface area contributed by atoms with Crippen LogP contribution in [0.3, 0.4) is 0 Å². The molecule has 0 aliphatic carbocycles. The number of hydrogen-bond donors (Lipinski definition) is 1. The molecule has 4 nitrogen and oxygen atoms in total. The van der Waals surface area contributed by atoms with Gasteiger partial charge in [-0.3, -0.25) is 9.59 Å². The van der Waals surface area contributed by atoms with Gasteiger partial charge in [0.1, 0.15) is 11.7 Å². The molecule has 0 aliphatic heterocycles. The number of methoxy groups -OCH3 is 1. The largest absolute Gasteiger partial charge is 0.468 e. The zero-order valence-electron chi connectivity index (χ0n) is 17.2. The number of carbonyl (C=O) groups excluding carboxylic acids is 2. The fourth-order valence-corrected chi connectivity index (χ4v) is 3.06. The van der Waals surface area contributed by atoms with Crippen molar-refractivity contribution < 1.29 is 19.4 Å². The van der Waals surface area contributed by atoms with Crippen molar-refractivity contribution in [3.63, 3.8) is 0 Å². The van der Waals surface area contributed by atoms with Gasteiger partial charge in [0.2, 0.25) is 0 Å². The average molecular weight is 369 g/mol. The second kappa shape index (κ2) is 17.3. The summed E-state index contributed by atoms with van der Waals surface area (Å²) in [6.45, 7) is 3.98. The number of hydrogen-bond acceptors (Lipinski definition) is 4. The van der Waals surface area contributed by atoms with Crippen molar-refractivity contribution in [2.45, 2.75) is 103 Å². The molecule has 0 bridgehead atoms. The quantitative estimate of drug-likeness (QED) is 0.162. The number of ether oxygens (including phenoxy) is 1.